The van der Waals surface area contributed by atoms with Crippen LogP contribution in [0.25, 0.3) is 0 Å². The maximum atomic E-state index is 5.68. The van der Waals surface area contributed by atoms with Crippen molar-refractivity contribution in [3.05, 3.63) is 16.7 Å². The molecule has 0 amide bonds. The van der Waals surface area contributed by atoms with Crippen LogP contribution in [0.3, 0.4) is 0 Å². The lowest BCUT2D eigenvalue weighted by Crippen LogP contribution is -2.31. The first-order valence-electron chi connectivity index (χ1n) is 5.41. The monoisotopic (exact) mass is 228 g/mol. The first-order valence-corrected chi connectivity index (χ1v) is 5.82. The Morgan fingerprint density at radius 2 is 2.13 bits per heavy atom. The topological polar surface area (TPSA) is 29.9 Å². The van der Waals surface area contributed by atoms with Gasteiger partial charge in [-0.2, -0.15) is 0 Å². The molecule has 1 heterocycles. The predicted molar refractivity (Wildman–Crippen MR) is 64.7 cm³/mol. The Morgan fingerprint density at radius 3 is 2.67 bits per heavy atom. The molecule has 0 aliphatic rings. The average molecular weight is 228 g/mol. The van der Waals surface area contributed by atoms with Crippen molar-refractivity contribution in [3.63, 3.8) is 0 Å². The minimum Gasteiger partial charge on any atom is -0.374 e. The van der Waals surface area contributed by atoms with E-state index < -0.39 is 0 Å². The molecule has 0 radical (unpaired) electrons. The molecule has 1 rings (SSSR count). The molecule has 4 heteroatoms. The van der Waals surface area contributed by atoms with E-state index in [0.717, 1.165) is 24.3 Å². The summed E-state index contributed by atoms with van der Waals surface area (Å²) in [6.45, 7) is 9.84. The van der Waals surface area contributed by atoms with Crippen LogP contribution in [-0.4, -0.2) is 21.8 Å². The van der Waals surface area contributed by atoms with Gasteiger partial charge in [0.2, 0.25) is 0 Å². The fourth-order valence-corrected chi connectivity index (χ4v) is 1.96. The molecule has 1 aromatic heterocycles. The Hall–Kier alpha value is -0.610. The number of hydrogen-bond acceptors (Lipinski definition) is 2. The van der Waals surface area contributed by atoms with Crippen LogP contribution in [0.15, 0.2) is 6.20 Å². The average Bonchev–Trinajstić information content (AvgIpc) is 2.47. The van der Waals surface area contributed by atoms with Crippen LogP contribution >= 0.6 is 12.2 Å². The van der Waals surface area contributed by atoms with Crippen LogP contribution in [0.4, 0.5) is 0 Å². The van der Waals surface area contributed by atoms with Crippen molar-refractivity contribution in [1.29, 1.82) is 0 Å². The molecule has 0 saturated carbocycles. The second-order valence-electron chi connectivity index (χ2n) is 4.22. The molecule has 0 aliphatic carbocycles. The number of aromatic amines is 1. The summed E-state index contributed by atoms with van der Waals surface area (Å²) in [6.07, 6.45) is 2.96. The maximum absolute atomic E-state index is 5.68. The fraction of sp³-hybridized carbons (Fsp3) is 0.727. The standard InChI is InChI=1S/C11H20N2OS/c1-5-9-7-12-10(15)13(9)8-11(3,4)14-6-2/h7H,5-6,8H2,1-4H3,(H,12,15). The molecule has 3 nitrogen and oxygen atoms in total. The first kappa shape index (κ1) is 12.5. The van der Waals surface area contributed by atoms with E-state index in [1.165, 1.54) is 5.69 Å². The van der Waals surface area contributed by atoms with Gasteiger partial charge in [-0.15, -0.1) is 0 Å². The lowest BCUT2D eigenvalue weighted by molar-refractivity contribution is -0.0230. The van der Waals surface area contributed by atoms with E-state index in [1.54, 1.807) is 0 Å². The Bertz CT molecular complexity index is 365. The second kappa shape index (κ2) is 4.94. The van der Waals surface area contributed by atoms with Crippen molar-refractivity contribution >= 4 is 12.2 Å². The van der Waals surface area contributed by atoms with E-state index in [0.29, 0.717) is 0 Å². The summed E-state index contributed by atoms with van der Waals surface area (Å²) in [7, 11) is 0. The summed E-state index contributed by atoms with van der Waals surface area (Å²) >= 11 is 5.24. The number of aryl methyl sites for hydroxylation is 1. The third-order valence-corrected chi connectivity index (χ3v) is 2.73. The highest BCUT2D eigenvalue weighted by molar-refractivity contribution is 7.71. The number of hydrogen-bond donors (Lipinski definition) is 1. The Balaban J connectivity index is 2.88. The van der Waals surface area contributed by atoms with Gasteiger partial charge >= 0.3 is 0 Å². The molecule has 0 unspecified atom stereocenters. The van der Waals surface area contributed by atoms with Crippen LogP contribution in [0.1, 0.15) is 33.4 Å². The van der Waals surface area contributed by atoms with E-state index in [-0.39, 0.29) is 5.60 Å². The van der Waals surface area contributed by atoms with Crippen molar-refractivity contribution in [2.24, 2.45) is 0 Å². The minimum absolute atomic E-state index is 0.168. The number of H-pyrrole nitrogens is 1. The van der Waals surface area contributed by atoms with Crippen LogP contribution < -0.4 is 0 Å². The van der Waals surface area contributed by atoms with Gasteiger partial charge in [0, 0.05) is 18.5 Å². The van der Waals surface area contributed by atoms with Crippen molar-refractivity contribution < 1.29 is 4.74 Å². The molecular weight excluding hydrogens is 208 g/mol. The van der Waals surface area contributed by atoms with Gasteiger partial charge in [-0.1, -0.05) is 6.92 Å². The van der Waals surface area contributed by atoms with Gasteiger partial charge in [0.15, 0.2) is 4.77 Å². The molecule has 0 atom stereocenters. The van der Waals surface area contributed by atoms with Gasteiger partial charge in [0.05, 0.1) is 12.1 Å². The maximum Gasteiger partial charge on any atom is 0.177 e. The number of rotatable bonds is 5. The van der Waals surface area contributed by atoms with Crippen LogP contribution in [0.5, 0.6) is 0 Å². The van der Waals surface area contributed by atoms with Crippen LogP contribution in [-0.2, 0) is 17.7 Å². The Labute approximate surface area is 96.5 Å². The SMILES string of the molecule is CCOC(C)(C)Cn1c(CC)c[nH]c1=S. The van der Waals surface area contributed by atoms with Gasteiger partial charge in [0.1, 0.15) is 0 Å². The number of ether oxygens (including phenoxy) is 1. The summed E-state index contributed by atoms with van der Waals surface area (Å²) in [5, 5.41) is 0. The fourth-order valence-electron chi connectivity index (χ4n) is 1.71. The first-order chi connectivity index (χ1) is 7.00. The largest absolute Gasteiger partial charge is 0.374 e. The molecule has 0 aliphatic heterocycles. The van der Waals surface area contributed by atoms with E-state index in [2.05, 4.69) is 30.3 Å². The molecular formula is C11H20N2OS. The van der Waals surface area contributed by atoms with Crippen LogP contribution in [0, 0.1) is 4.77 Å². The third kappa shape index (κ3) is 3.18. The van der Waals surface area contributed by atoms with Crippen molar-refractivity contribution in [2.45, 2.75) is 46.3 Å². The Morgan fingerprint density at radius 1 is 1.47 bits per heavy atom. The minimum atomic E-state index is -0.168. The second-order valence-corrected chi connectivity index (χ2v) is 4.60. The summed E-state index contributed by atoms with van der Waals surface area (Å²) < 4.78 is 8.57. The number of imidazole rings is 1. The molecule has 1 N–H and O–H groups in total. The van der Waals surface area contributed by atoms with Gasteiger partial charge in [0.25, 0.3) is 0 Å². The van der Waals surface area contributed by atoms with Gasteiger partial charge in [-0.3, -0.25) is 0 Å². The summed E-state index contributed by atoms with van der Waals surface area (Å²) in [5.74, 6) is 0. The zero-order chi connectivity index (χ0) is 11.5. The van der Waals surface area contributed by atoms with Crippen LogP contribution in [0.2, 0.25) is 0 Å². The van der Waals surface area contributed by atoms with Crippen molar-refractivity contribution in [3.8, 4) is 0 Å². The third-order valence-electron chi connectivity index (χ3n) is 2.39. The normalized spacial score (nSPS) is 12.0. The van der Waals surface area contributed by atoms with E-state index >= 15 is 0 Å². The molecule has 0 spiro atoms. The van der Waals surface area contributed by atoms with Crippen molar-refractivity contribution in [2.75, 3.05) is 6.61 Å². The lowest BCUT2D eigenvalue weighted by atomic mass is 10.1. The summed E-state index contributed by atoms with van der Waals surface area (Å²) in [5.41, 5.74) is 1.06. The Kier molecular flexibility index (Phi) is 4.11. The van der Waals surface area contributed by atoms with Crippen molar-refractivity contribution in [1.82, 2.24) is 9.55 Å². The predicted octanol–water partition coefficient (Wildman–Crippen LogP) is 2.92. The zero-order valence-electron chi connectivity index (χ0n) is 9.96. The van der Waals surface area contributed by atoms with Gasteiger partial charge in [-0.25, -0.2) is 0 Å². The van der Waals surface area contributed by atoms with Gasteiger partial charge < -0.3 is 14.3 Å². The van der Waals surface area contributed by atoms with E-state index in [4.69, 9.17) is 17.0 Å². The number of nitrogens with one attached hydrogen (secondary N) is 1. The molecule has 0 fully saturated rings. The molecule has 1 aromatic rings. The number of aromatic nitrogens is 2. The molecule has 15 heavy (non-hydrogen) atoms. The highest BCUT2D eigenvalue weighted by atomic mass is 32.1. The highest BCUT2D eigenvalue weighted by Crippen LogP contribution is 2.15. The quantitative estimate of drug-likeness (QED) is 0.785. The van der Waals surface area contributed by atoms with E-state index in [1.807, 2.05) is 13.1 Å². The molecule has 0 saturated heterocycles. The molecule has 86 valence electrons. The smallest absolute Gasteiger partial charge is 0.177 e. The van der Waals surface area contributed by atoms with E-state index in [9.17, 15) is 0 Å². The molecule has 0 aromatic carbocycles. The lowest BCUT2D eigenvalue weighted by Gasteiger charge is -2.25. The number of nitrogens with zero attached hydrogens (tertiary/aromatic N) is 1. The highest BCUT2D eigenvalue weighted by Gasteiger charge is 2.19. The van der Waals surface area contributed by atoms with Gasteiger partial charge in [-0.05, 0) is 39.4 Å². The summed E-state index contributed by atoms with van der Waals surface area (Å²) in [6, 6.07) is 0. The zero-order valence-corrected chi connectivity index (χ0v) is 10.8. The summed E-state index contributed by atoms with van der Waals surface area (Å²) in [4.78, 5) is 3.08. The molecule has 0 bridgehead atoms.